The number of nitrogens with one attached hydrogen (secondary N) is 2. The number of carbonyl (C=O) groups excluding carboxylic acids is 2. The number of hydrogen-bond acceptors (Lipinski definition) is 3. The maximum Gasteiger partial charge on any atom is 0.416 e. The summed E-state index contributed by atoms with van der Waals surface area (Å²) in [5.41, 5.74) is 0.370. The number of rotatable bonds is 5. The fraction of sp³-hybridized carbons (Fsp3) is 0.333. The van der Waals surface area contributed by atoms with Gasteiger partial charge in [0.2, 0.25) is 5.91 Å². The van der Waals surface area contributed by atoms with Gasteiger partial charge >= 0.3 is 6.18 Å². The zero-order valence-electron chi connectivity index (χ0n) is 15.8. The molecule has 154 valence electrons. The number of nitrogens with zero attached hydrogens (tertiary/aromatic N) is 1. The van der Waals surface area contributed by atoms with E-state index in [0.29, 0.717) is 11.3 Å². The largest absolute Gasteiger partial charge is 0.416 e. The molecule has 0 aromatic heterocycles. The van der Waals surface area contributed by atoms with Crippen molar-refractivity contribution < 1.29 is 22.8 Å². The van der Waals surface area contributed by atoms with Gasteiger partial charge in [-0.15, -0.1) is 0 Å². The van der Waals surface area contributed by atoms with Gasteiger partial charge in [0.15, 0.2) is 0 Å². The first kappa shape index (κ1) is 20.7. The first-order valence-electron chi connectivity index (χ1n) is 9.43. The molecule has 0 saturated carbocycles. The van der Waals surface area contributed by atoms with E-state index in [2.05, 4.69) is 10.6 Å². The lowest BCUT2D eigenvalue weighted by molar-refractivity contribution is -0.137. The van der Waals surface area contributed by atoms with Crippen molar-refractivity contribution >= 4 is 23.2 Å². The highest BCUT2D eigenvalue weighted by Gasteiger charge is 2.30. The van der Waals surface area contributed by atoms with Crippen molar-refractivity contribution in [3.63, 3.8) is 0 Å². The smallest absolute Gasteiger partial charge is 0.376 e. The summed E-state index contributed by atoms with van der Waals surface area (Å²) in [6.07, 6.45) is -1.34. The van der Waals surface area contributed by atoms with Gasteiger partial charge in [-0.05, 0) is 55.7 Å². The Balaban J connectivity index is 1.58. The van der Waals surface area contributed by atoms with Crippen LogP contribution in [0.2, 0.25) is 0 Å². The van der Waals surface area contributed by atoms with Crippen molar-refractivity contribution in [1.29, 1.82) is 0 Å². The van der Waals surface area contributed by atoms with Crippen LogP contribution in [0.3, 0.4) is 0 Å². The third kappa shape index (κ3) is 5.73. The average molecular weight is 405 g/mol. The molecule has 5 nitrogen and oxygen atoms in total. The molecule has 2 N–H and O–H groups in total. The monoisotopic (exact) mass is 405 g/mol. The predicted molar refractivity (Wildman–Crippen MR) is 105 cm³/mol. The van der Waals surface area contributed by atoms with Gasteiger partial charge in [-0.1, -0.05) is 12.1 Å². The van der Waals surface area contributed by atoms with Crippen LogP contribution in [0, 0.1) is 0 Å². The second-order valence-corrected chi connectivity index (χ2v) is 6.91. The van der Waals surface area contributed by atoms with Crippen LogP contribution in [0.15, 0.2) is 48.5 Å². The fourth-order valence-corrected chi connectivity index (χ4v) is 3.20. The number of halogens is 3. The molecule has 1 saturated heterocycles. The molecular weight excluding hydrogens is 383 g/mol. The van der Waals surface area contributed by atoms with Gasteiger partial charge < -0.3 is 15.5 Å². The molecule has 0 spiro atoms. The molecule has 2 aromatic carbocycles. The molecule has 8 heteroatoms. The van der Waals surface area contributed by atoms with E-state index in [1.54, 1.807) is 29.2 Å². The average Bonchev–Trinajstić information content (AvgIpc) is 2.72. The van der Waals surface area contributed by atoms with Gasteiger partial charge in [0.05, 0.1) is 12.1 Å². The van der Waals surface area contributed by atoms with Gasteiger partial charge in [-0.2, -0.15) is 13.2 Å². The second kappa shape index (κ2) is 8.98. The van der Waals surface area contributed by atoms with Crippen molar-refractivity contribution in [1.82, 2.24) is 4.90 Å². The van der Waals surface area contributed by atoms with Crippen LogP contribution in [0.5, 0.6) is 0 Å². The van der Waals surface area contributed by atoms with E-state index >= 15 is 0 Å². The van der Waals surface area contributed by atoms with Gasteiger partial charge in [0.25, 0.3) is 5.91 Å². The van der Waals surface area contributed by atoms with E-state index in [1.165, 1.54) is 12.1 Å². The number of hydrogen-bond donors (Lipinski definition) is 2. The Kier molecular flexibility index (Phi) is 6.41. The number of alkyl halides is 3. The summed E-state index contributed by atoms with van der Waals surface area (Å²) < 4.78 is 38.3. The topological polar surface area (TPSA) is 61.4 Å². The molecule has 2 aromatic rings. The predicted octanol–water partition coefficient (Wildman–Crippen LogP) is 4.38. The van der Waals surface area contributed by atoms with E-state index in [9.17, 15) is 22.8 Å². The number of piperidine rings is 1. The van der Waals surface area contributed by atoms with Gasteiger partial charge in [-0.3, -0.25) is 9.59 Å². The van der Waals surface area contributed by atoms with Crippen molar-refractivity contribution in [2.45, 2.75) is 25.4 Å². The van der Waals surface area contributed by atoms with Crippen molar-refractivity contribution in [2.24, 2.45) is 0 Å². The standard InChI is InChI=1S/C21H22F3N3O2/c22-21(23,24)16-7-5-8-17(13-16)25-14-19(28)26-18-9-4-6-15(12-18)20(29)27-10-2-1-3-11-27/h4-9,12-13,25H,1-3,10-11,14H2,(H,26,28). The molecule has 1 fully saturated rings. The number of carbonyl (C=O) groups is 2. The van der Waals surface area contributed by atoms with Crippen LogP contribution in [0.1, 0.15) is 35.2 Å². The third-order valence-corrected chi connectivity index (χ3v) is 4.68. The van der Waals surface area contributed by atoms with Crippen LogP contribution in [0.25, 0.3) is 0 Å². The lowest BCUT2D eigenvalue weighted by Gasteiger charge is -2.26. The molecule has 0 bridgehead atoms. The van der Waals surface area contributed by atoms with Gasteiger partial charge in [-0.25, -0.2) is 0 Å². The summed E-state index contributed by atoms with van der Waals surface area (Å²) in [4.78, 5) is 26.5. The zero-order valence-corrected chi connectivity index (χ0v) is 15.8. The maximum absolute atomic E-state index is 12.8. The van der Waals surface area contributed by atoms with E-state index in [1.807, 2.05) is 0 Å². The molecule has 0 aliphatic carbocycles. The van der Waals surface area contributed by atoms with Crippen LogP contribution in [-0.2, 0) is 11.0 Å². The van der Waals surface area contributed by atoms with Crippen LogP contribution >= 0.6 is 0 Å². The molecule has 29 heavy (non-hydrogen) atoms. The molecule has 0 unspecified atom stereocenters. The minimum absolute atomic E-state index is 0.0668. The minimum atomic E-state index is -4.44. The Morgan fingerprint density at radius 1 is 0.931 bits per heavy atom. The number of benzene rings is 2. The van der Waals surface area contributed by atoms with Crippen molar-refractivity contribution in [3.05, 3.63) is 59.7 Å². The van der Waals surface area contributed by atoms with Gasteiger partial charge in [0.1, 0.15) is 0 Å². The van der Waals surface area contributed by atoms with E-state index in [4.69, 9.17) is 0 Å². The second-order valence-electron chi connectivity index (χ2n) is 6.91. The quantitative estimate of drug-likeness (QED) is 0.776. The molecule has 0 atom stereocenters. The first-order chi connectivity index (χ1) is 13.8. The summed E-state index contributed by atoms with van der Waals surface area (Å²) in [5.74, 6) is -0.493. The molecule has 2 amide bonds. The summed E-state index contributed by atoms with van der Waals surface area (Å²) in [6.45, 7) is 1.26. The Morgan fingerprint density at radius 3 is 2.34 bits per heavy atom. The van der Waals surface area contributed by atoms with E-state index in [0.717, 1.165) is 44.5 Å². The molecule has 3 rings (SSSR count). The van der Waals surface area contributed by atoms with Gasteiger partial charge in [0, 0.05) is 30.0 Å². The van der Waals surface area contributed by atoms with Crippen LogP contribution < -0.4 is 10.6 Å². The number of amides is 2. The maximum atomic E-state index is 12.8. The highest BCUT2D eigenvalue weighted by Crippen LogP contribution is 2.30. The Hall–Kier alpha value is -3.03. The SMILES string of the molecule is O=C(CNc1cccc(C(F)(F)F)c1)Nc1cccc(C(=O)N2CCCCC2)c1. The number of likely N-dealkylation sites (tertiary alicyclic amines) is 1. The Morgan fingerprint density at radius 2 is 1.62 bits per heavy atom. The Bertz CT molecular complexity index is 877. The normalized spacial score (nSPS) is 14.4. The third-order valence-electron chi connectivity index (χ3n) is 4.68. The van der Waals surface area contributed by atoms with Crippen LogP contribution in [-0.4, -0.2) is 36.3 Å². The lowest BCUT2D eigenvalue weighted by atomic mass is 10.1. The highest BCUT2D eigenvalue weighted by molar-refractivity contribution is 5.98. The van der Waals surface area contributed by atoms with Crippen molar-refractivity contribution in [3.8, 4) is 0 Å². The molecule has 1 aliphatic rings. The summed E-state index contributed by atoms with van der Waals surface area (Å²) in [5, 5.41) is 5.34. The van der Waals surface area contributed by atoms with Crippen LogP contribution in [0.4, 0.5) is 24.5 Å². The minimum Gasteiger partial charge on any atom is -0.376 e. The Labute approximate surface area is 166 Å². The highest BCUT2D eigenvalue weighted by atomic mass is 19.4. The van der Waals surface area contributed by atoms with E-state index < -0.39 is 17.6 Å². The summed E-state index contributed by atoms with van der Waals surface area (Å²) in [7, 11) is 0. The number of anilines is 2. The zero-order chi connectivity index (χ0) is 20.9. The fourth-order valence-electron chi connectivity index (χ4n) is 3.20. The summed E-state index contributed by atoms with van der Waals surface area (Å²) in [6, 6.07) is 11.3. The molecule has 1 heterocycles. The van der Waals surface area contributed by atoms with E-state index in [-0.39, 0.29) is 18.1 Å². The molecule has 0 radical (unpaired) electrons. The molecule has 1 aliphatic heterocycles. The molecular formula is C21H22F3N3O2. The first-order valence-corrected chi connectivity index (χ1v) is 9.43. The lowest BCUT2D eigenvalue weighted by Crippen LogP contribution is -2.35. The summed E-state index contributed by atoms with van der Waals surface area (Å²) >= 11 is 0. The van der Waals surface area contributed by atoms with Crippen molar-refractivity contribution in [2.75, 3.05) is 30.3 Å².